The van der Waals surface area contributed by atoms with Gasteiger partial charge < -0.3 is 9.72 Å². The number of esters is 1. The predicted molar refractivity (Wildman–Crippen MR) is 105 cm³/mol. The molecular formula is C23H19NO2. The summed E-state index contributed by atoms with van der Waals surface area (Å²) in [4.78, 5) is 15.7. The number of carbonyl (C=O) groups excluding carboxylic acids is 1. The van der Waals surface area contributed by atoms with Crippen molar-refractivity contribution >= 4 is 16.9 Å². The molecule has 3 nitrogen and oxygen atoms in total. The van der Waals surface area contributed by atoms with Crippen molar-refractivity contribution < 1.29 is 9.53 Å². The minimum absolute atomic E-state index is 0.328. The number of rotatable bonds is 4. The summed E-state index contributed by atoms with van der Waals surface area (Å²) < 4.78 is 5.24. The number of hydrogen-bond acceptors (Lipinski definition) is 2. The molecule has 4 aromatic rings. The zero-order valence-electron chi connectivity index (χ0n) is 14.5. The summed E-state index contributed by atoms with van der Waals surface area (Å²) in [6, 6.07) is 26.5. The lowest BCUT2D eigenvalue weighted by molar-refractivity contribution is 0.0521. The molecule has 0 aliphatic carbocycles. The predicted octanol–water partition coefficient (Wildman–Crippen LogP) is 5.68. The summed E-state index contributed by atoms with van der Waals surface area (Å²) >= 11 is 0. The van der Waals surface area contributed by atoms with Crippen LogP contribution in [0.2, 0.25) is 0 Å². The highest BCUT2D eigenvalue weighted by atomic mass is 16.5. The number of fused-ring (bicyclic) bond motifs is 1. The van der Waals surface area contributed by atoms with Gasteiger partial charge in [0.15, 0.2) is 0 Å². The number of aromatic nitrogens is 1. The Kier molecular flexibility index (Phi) is 4.28. The molecule has 26 heavy (non-hydrogen) atoms. The molecule has 3 aromatic carbocycles. The fraction of sp³-hybridized carbons (Fsp3) is 0.0870. The second-order valence-corrected chi connectivity index (χ2v) is 6.08. The van der Waals surface area contributed by atoms with Crippen LogP contribution in [0.1, 0.15) is 17.4 Å². The van der Waals surface area contributed by atoms with Crippen LogP contribution in [0, 0.1) is 0 Å². The van der Waals surface area contributed by atoms with Crippen molar-refractivity contribution in [3.63, 3.8) is 0 Å². The molecule has 0 unspecified atom stereocenters. The zero-order chi connectivity index (χ0) is 17.9. The summed E-state index contributed by atoms with van der Waals surface area (Å²) in [5.41, 5.74) is 5.62. The lowest BCUT2D eigenvalue weighted by Gasteiger charge is -2.07. The van der Waals surface area contributed by atoms with Gasteiger partial charge in [0.05, 0.1) is 6.61 Å². The third-order valence-corrected chi connectivity index (χ3v) is 4.47. The Labute approximate surface area is 152 Å². The van der Waals surface area contributed by atoms with E-state index in [4.69, 9.17) is 4.74 Å². The molecule has 1 N–H and O–H groups in total. The smallest absolute Gasteiger partial charge is 0.355 e. The first-order valence-electron chi connectivity index (χ1n) is 8.71. The van der Waals surface area contributed by atoms with E-state index in [0.717, 1.165) is 27.6 Å². The molecule has 0 saturated heterocycles. The van der Waals surface area contributed by atoms with Crippen LogP contribution in [-0.4, -0.2) is 17.6 Å². The number of benzene rings is 3. The third kappa shape index (κ3) is 2.88. The molecule has 0 spiro atoms. The van der Waals surface area contributed by atoms with Crippen molar-refractivity contribution in [2.24, 2.45) is 0 Å². The molecule has 1 aromatic heterocycles. The van der Waals surface area contributed by atoms with Gasteiger partial charge in [-0.05, 0) is 29.7 Å². The number of aromatic amines is 1. The average Bonchev–Trinajstić information content (AvgIpc) is 3.09. The topological polar surface area (TPSA) is 42.1 Å². The van der Waals surface area contributed by atoms with Gasteiger partial charge in [0.25, 0.3) is 0 Å². The van der Waals surface area contributed by atoms with E-state index < -0.39 is 0 Å². The standard InChI is InChI=1S/C23H19NO2/c1-2-26-23(25)22-21(19-10-6-7-11-20(19)24-22)18-14-12-17(13-15-18)16-8-4-3-5-9-16/h3-15,24H,2H2,1H3. The van der Waals surface area contributed by atoms with Gasteiger partial charge in [-0.1, -0.05) is 72.8 Å². The van der Waals surface area contributed by atoms with E-state index in [1.54, 1.807) is 0 Å². The van der Waals surface area contributed by atoms with Crippen molar-refractivity contribution in [3.05, 3.63) is 84.6 Å². The van der Waals surface area contributed by atoms with Gasteiger partial charge in [-0.15, -0.1) is 0 Å². The van der Waals surface area contributed by atoms with E-state index >= 15 is 0 Å². The fourth-order valence-electron chi connectivity index (χ4n) is 3.26. The Bertz CT molecular complexity index is 1050. The Morgan fingerprint density at radius 3 is 2.15 bits per heavy atom. The van der Waals surface area contributed by atoms with Gasteiger partial charge in [-0.3, -0.25) is 0 Å². The first kappa shape index (κ1) is 16.2. The zero-order valence-corrected chi connectivity index (χ0v) is 14.5. The first-order chi connectivity index (χ1) is 12.8. The number of H-pyrrole nitrogens is 1. The monoisotopic (exact) mass is 341 g/mol. The van der Waals surface area contributed by atoms with E-state index in [0.29, 0.717) is 12.3 Å². The maximum absolute atomic E-state index is 12.4. The van der Waals surface area contributed by atoms with Crippen molar-refractivity contribution in [1.82, 2.24) is 4.98 Å². The van der Waals surface area contributed by atoms with Gasteiger partial charge in [-0.25, -0.2) is 4.79 Å². The highest BCUT2D eigenvalue weighted by molar-refractivity contribution is 6.08. The highest BCUT2D eigenvalue weighted by Gasteiger charge is 2.20. The maximum atomic E-state index is 12.4. The van der Waals surface area contributed by atoms with Crippen molar-refractivity contribution in [3.8, 4) is 22.3 Å². The Morgan fingerprint density at radius 1 is 0.808 bits per heavy atom. The lowest BCUT2D eigenvalue weighted by atomic mass is 9.98. The second-order valence-electron chi connectivity index (χ2n) is 6.08. The molecule has 1 heterocycles. The van der Waals surface area contributed by atoms with Crippen LogP contribution in [0.25, 0.3) is 33.2 Å². The van der Waals surface area contributed by atoms with Gasteiger partial charge in [0.1, 0.15) is 5.69 Å². The molecule has 4 rings (SSSR count). The quantitative estimate of drug-likeness (QED) is 0.485. The van der Waals surface area contributed by atoms with Crippen molar-refractivity contribution in [1.29, 1.82) is 0 Å². The molecule has 3 heteroatoms. The molecule has 0 saturated carbocycles. The molecule has 0 amide bonds. The molecule has 128 valence electrons. The van der Waals surface area contributed by atoms with Crippen LogP contribution < -0.4 is 0 Å². The summed E-state index contributed by atoms with van der Waals surface area (Å²) in [7, 11) is 0. The van der Waals surface area contributed by atoms with Gasteiger partial charge in [-0.2, -0.15) is 0 Å². The molecule has 0 radical (unpaired) electrons. The summed E-state index contributed by atoms with van der Waals surface area (Å²) in [6.45, 7) is 2.16. The summed E-state index contributed by atoms with van der Waals surface area (Å²) in [5.74, 6) is -0.328. The minimum Gasteiger partial charge on any atom is -0.461 e. The third-order valence-electron chi connectivity index (χ3n) is 4.47. The molecule has 0 bridgehead atoms. The summed E-state index contributed by atoms with van der Waals surface area (Å²) in [6.07, 6.45) is 0. The van der Waals surface area contributed by atoms with E-state index in [-0.39, 0.29) is 5.97 Å². The largest absolute Gasteiger partial charge is 0.461 e. The van der Waals surface area contributed by atoms with E-state index in [1.807, 2.05) is 49.4 Å². The number of hydrogen-bond donors (Lipinski definition) is 1. The van der Waals surface area contributed by atoms with E-state index in [1.165, 1.54) is 5.56 Å². The van der Waals surface area contributed by atoms with Crippen LogP contribution in [0.3, 0.4) is 0 Å². The Hall–Kier alpha value is -3.33. The van der Waals surface area contributed by atoms with Crippen molar-refractivity contribution in [2.45, 2.75) is 6.92 Å². The molecule has 0 aliphatic heterocycles. The lowest BCUT2D eigenvalue weighted by Crippen LogP contribution is -2.06. The van der Waals surface area contributed by atoms with Gasteiger partial charge in [0.2, 0.25) is 0 Å². The average molecular weight is 341 g/mol. The summed E-state index contributed by atoms with van der Waals surface area (Å²) in [5, 5.41) is 1.02. The second kappa shape index (κ2) is 6.89. The molecular weight excluding hydrogens is 322 g/mol. The molecule has 0 aliphatic rings. The number of para-hydroxylation sites is 1. The van der Waals surface area contributed by atoms with Gasteiger partial charge >= 0.3 is 5.97 Å². The SMILES string of the molecule is CCOC(=O)c1[nH]c2ccccc2c1-c1ccc(-c2ccccc2)cc1. The number of carbonyl (C=O) groups is 1. The van der Waals surface area contributed by atoms with Crippen LogP contribution in [0.5, 0.6) is 0 Å². The van der Waals surface area contributed by atoms with E-state index in [2.05, 4.69) is 41.4 Å². The Balaban J connectivity index is 1.83. The van der Waals surface area contributed by atoms with Gasteiger partial charge in [0, 0.05) is 16.5 Å². The maximum Gasteiger partial charge on any atom is 0.355 e. The van der Waals surface area contributed by atoms with E-state index in [9.17, 15) is 4.79 Å². The van der Waals surface area contributed by atoms with Crippen LogP contribution >= 0.6 is 0 Å². The normalized spacial score (nSPS) is 10.8. The fourth-order valence-corrected chi connectivity index (χ4v) is 3.26. The van der Waals surface area contributed by atoms with Crippen LogP contribution in [-0.2, 0) is 4.74 Å². The highest BCUT2D eigenvalue weighted by Crippen LogP contribution is 2.34. The van der Waals surface area contributed by atoms with Crippen LogP contribution in [0.4, 0.5) is 0 Å². The van der Waals surface area contributed by atoms with Crippen LogP contribution in [0.15, 0.2) is 78.9 Å². The number of ether oxygens (including phenoxy) is 1. The Morgan fingerprint density at radius 2 is 1.42 bits per heavy atom. The first-order valence-corrected chi connectivity index (χ1v) is 8.71. The molecule has 0 fully saturated rings. The minimum atomic E-state index is -0.328. The molecule has 0 atom stereocenters. The number of nitrogens with one attached hydrogen (secondary N) is 1. The van der Waals surface area contributed by atoms with Crippen molar-refractivity contribution in [2.75, 3.05) is 6.61 Å².